The van der Waals surface area contributed by atoms with Gasteiger partial charge in [0.1, 0.15) is 12.0 Å². The lowest BCUT2D eigenvalue weighted by atomic mass is 10.1. The van der Waals surface area contributed by atoms with E-state index < -0.39 is 0 Å². The minimum absolute atomic E-state index is 0.0725. The van der Waals surface area contributed by atoms with Crippen LogP contribution in [0.1, 0.15) is 10.9 Å². The second kappa shape index (κ2) is 7.85. The first-order valence-corrected chi connectivity index (χ1v) is 9.17. The van der Waals surface area contributed by atoms with Crippen LogP contribution in [0, 0.1) is 0 Å². The normalized spacial score (nSPS) is 16.8. The highest BCUT2D eigenvalue weighted by Gasteiger charge is 2.34. The largest absolute Gasteiger partial charge is 0.493 e. The molecule has 2 aromatic carbocycles. The maximum atomic E-state index is 12.4. The third kappa shape index (κ3) is 3.78. The smallest absolute Gasteiger partial charge is 0.238 e. The van der Waals surface area contributed by atoms with Crippen molar-refractivity contribution < 1.29 is 14.3 Å². The van der Waals surface area contributed by atoms with E-state index in [0.717, 1.165) is 11.3 Å². The molecule has 25 heavy (non-hydrogen) atoms. The van der Waals surface area contributed by atoms with Gasteiger partial charge < -0.3 is 9.47 Å². The van der Waals surface area contributed by atoms with Crippen LogP contribution in [0.4, 0.5) is 5.69 Å². The summed E-state index contributed by atoms with van der Waals surface area (Å²) in [5, 5.41) is 0.529. The summed E-state index contributed by atoms with van der Waals surface area (Å²) in [6, 6.07) is 13.0. The summed E-state index contributed by atoms with van der Waals surface area (Å²) >= 11 is 7.55. The first kappa shape index (κ1) is 17.7. The van der Waals surface area contributed by atoms with Crippen LogP contribution in [-0.4, -0.2) is 25.4 Å². The molecule has 0 N–H and O–H groups in total. The van der Waals surface area contributed by atoms with Crippen molar-refractivity contribution in [3.8, 4) is 11.5 Å². The Morgan fingerprint density at radius 2 is 2.04 bits per heavy atom. The number of nitrogens with zero attached hydrogens (tertiary/aromatic N) is 1. The van der Waals surface area contributed by atoms with Crippen molar-refractivity contribution in [1.29, 1.82) is 0 Å². The average Bonchev–Trinajstić information content (AvgIpc) is 3.02. The molecule has 0 bridgehead atoms. The monoisotopic (exact) mass is 375 g/mol. The van der Waals surface area contributed by atoms with Gasteiger partial charge in [-0.25, -0.2) is 0 Å². The summed E-state index contributed by atoms with van der Waals surface area (Å²) < 4.78 is 11.0. The van der Waals surface area contributed by atoms with Crippen LogP contribution in [-0.2, 0) is 4.79 Å². The second-order valence-electron chi connectivity index (χ2n) is 5.41. The Kier molecular flexibility index (Phi) is 5.56. The van der Waals surface area contributed by atoms with Crippen molar-refractivity contribution in [3.05, 3.63) is 65.7 Å². The van der Waals surface area contributed by atoms with Crippen LogP contribution in [0.15, 0.2) is 55.1 Å². The molecule has 130 valence electrons. The Morgan fingerprint density at radius 1 is 1.28 bits per heavy atom. The third-order valence-electron chi connectivity index (χ3n) is 3.80. The summed E-state index contributed by atoms with van der Waals surface area (Å²) in [7, 11) is 1.60. The number of benzene rings is 2. The summed E-state index contributed by atoms with van der Waals surface area (Å²) in [4.78, 5) is 14.2. The fourth-order valence-electron chi connectivity index (χ4n) is 2.66. The maximum Gasteiger partial charge on any atom is 0.238 e. The molecule has 1 fully saturated rings. The number of anilines is 1. The predicted octanol–water partition coefficient (Wildman–Crippen LogP) is 4.69. The quantitative estimate of drug-likeness (QED) is 0.686. The highest BCUT2D eigenvalue weighted by Crippen LogP contribution is 2.44. The lowest BCUT2D eigenvalue weighted by Crippen LogP contribution is -2.27. The number of thioether (sulfide) groups is 1. The molecule has 1 amide bonds. The van der Waals surface area contributed by atoms with E-state index in [0.29, 0.717) is 28.9 Å². The van der Waals surface area contributed by atoms with Crippen LogP contribution < -0.4 is 14.4 Å². The molecular formula is C19H18ClNO3S. The van der Waals surface area contributed by atoms with E-state index in [1.165, 1.54) is 0 Å². The van der Waals surface area contributed by atoms with E-state index in [4.69, 9.17) is 21.1 Å². The zero-order chi connectivity index (χ0) is 17.8. The van der Waals surface area contributed by atoms with Crippen LogP contribution in [0.3, 0.4) is 0 Å². The molecule has 0 aromatic heterocycles. The number of carbonyl (C=O) groups excluding carboxylic acids is 1. The van der Waals surface area contributed by atoms with E-state index in [2.05, 4.69) is 6.58 Å². The molecular weight excluding hydrogens is 358 g/mol. The van der Waals surface area contributed by atoms with Gasteiger partial charge in [0.15, 0.2) is 11.5 Å². The number of rotatable bonds is 6. The molecule has 0 radical (unpaired) electrons. The van der Waals surface area contributed by atoms with E-state index in [1.54, 1.807) is 42.0 Å². The minimum Gasteiger partial charge on any atom is -0.493 e. The lowest BCUT2D eigenvalue weighted by Gasteiger charge is -2.25. The molecule has 0 aliphatic carbocycles. The van der Waals surface area contributed by atoms with Gasteiger partial charge in [0.25, 0.3) is 0 Å². The number of methoxy groups -OCH3 is 1. The number of carbonyl (C=O) groups is 1. The van der Waals surface area contributed by atoms with Crippen molar-refractivity contribution in [2.45, 2.75) is 5.37 Å². The van der Waals surface area contributed by atoms with Gasteiger partial charge in [-0.2, -0.15) is 0 Å². The first-order valence-electron chi connectivity index (χ1n) is 7.75. The lowest BCUT2D eigenvalue weighted by molar-refractivity contribution is -0.115. The predicted molar refractivity (Wildman–Crippen MR) is 103 cm³/mol. The van der Waals surface area contributed by atoms with Crippen molar-refractivity contribution >= 4 is 35.0 Å². The number of ether oxygens (including phenoxy) is 2. The van der Waals surface area contributed by atoms with E-state index in [9.17, 15) is 4.79 Å². The van der Waals surface area contributed by atoms with Gasteiger partial charge in [0, 0.05) is 10.7 Å². The van der Waals surface area contributed by atoms with E-state index >= 15 is 0 Å². The summed E-state index contributed by atoms with van der Waals surface area (Å²) in [5.41, 5.74) is 1.81. The van der Waals surface area contributed by atoms with Crippen LogP contribution in [0.2, 0.25) is 5.02 Å². The third-order valence-corrected chi connectivity index (χ3v) is 5.27. The molecule has 1 atom stereocenters. The highest BCUT2D eigenvalue weighted by atomic mass is 35.5. The fourth-order valence-corrected chi connectivity index (χ4v) is 3.95. The molecule has 0 unspecified atom stereocenters. The van der Waals surface area contributed by atoms with Gasteiger partial charge in [-0.1, -0.05) is 30.3 Å². The molecule has 1 aliphatic heterocycles. The Balaban J connectivity index is 1.92. The van der Waals surface area contributed by atoms with Crippen molar-refractivity contribution in [2.75, 3.05) is 24.4 Å². The van der Waals surface area contributed by atoms with Gasteiger partial charge in [-0.3, -0.25) is 9.69 Å². The number of hydrogen-bond donors (Lipinski definition) is 0. The number of hydrogen-bond acceptors (Lipinski definition) is 4. The van der Waals surface area contributed by atoms with Crippen molar-refractivity contribution in [1.82, 2.24) is 0 Å². The Hall–Kier alpha value is -2.11. The second-order valence-corrected chi connectivity index (χ2v) is 6.92. The minimum atomic E-state index is -0.115. The topological polar surface area (TPSA) is 38.8 Å². The molecule has 3 rings (SSSR count). The average molecular weight is 376 g/mol. The van der Waals surface area contributed by atoms with Crippen LogP contribution >= 0.6 is 23.4 Å². The van der Waals surface area contributed by atoms with E-state index in [1.807, 2.05) is 30.3 Å². The van der Waals surface area contributed by atoms with E-state index in [-0.39, 0.29) is 11.3 Å². The Labute approximate surface area is 156 Å². The standard InChI is InChI=1S/C19H18ClNO3S/c1-3-10-24-16-9-4-13(11-17(16)23-2)19-21(18(22)12-25-19)15-7-5-14(20)6-8-15/h3-9,11,19H,1,10,12H2,2H3/t19-/m0/s1. The van der Waals surface area contributed by atoms with Gasteiger partial charge >= 0.3 is 0 Å². The van der Waals surface area contributed by atoms with Crippen LogP contribution in [0.25, 0.3) is 0 Å². The molecule has 2 aromatic rings. The molecule has 6 heteroatoms. The van der Waals surface area contributed by atoms with Gasteiger partial charge in [0.05, 0.1) is 12.9 Å². The SMILES string of the molecule is C=CCOc1ccc([C@@H]2SCC(=O)N2c2ccc(Cl)cc2)cc1OC. The summed E-state index contributed by atoms with van der Waals surface area (Å²) in [6.07, 6.45) is 1.68. The summed E-state index contributed by atoms with van der Waals surface area (Å²) in [5.74, 6) is 1.79. The molecule has 1 saturated heterocycles. The maximum absolute atomic E-state index is 12.4. The summed E-state index contributed by atoms with van der Waals surface area (Å²) in [6.45, 7) is 4.05. The van der Waals surface area contributed by atoms with Gasteiger partial charge in [-0.05, 0) is 42.0 Å². The highest BCUT2D eigenvalue weighted by molar-refractivity contribution is 8.00. The van der Waals surface area contributed by atoms with Crippen molar-refractivity contribution in [2.24, 2.45) is 0 Å². The van der Waals surface area contributed by atoms with Gasteiger partial charge in [-0.15, -0.1) is 11.8 Å². The number of amides is 1. The van der Waals surface area contributed by atoms with Crippen LogP contribution in [0.5, 0.6) is 11.5 Å². The van der Waals surface area contributed by atoms with Crippen molar-refractivity contribution in [3.63, 3.8) is 0 Å². The van der Waals surface area contributed by atoms with Gasteiger partial charge in [0.2, 0.25) is 5.91 Å². The first-order chi connectivity index (χ1) is 12.1. The molecule has 1 aliphatic rings. The zero-order valence-electron chi connectivity index (χ0n) is 13.8. The fraction of sp³-hybridized carbons (Fsp3) is 0.211. The zero-order valence-corrected chi connectivity index (χ0v) is 15.3. The molecule has 4 nitrogen and oxygen atoms in total. The number of halogens is 1. The molecule has 1 heterocycles. The Morgan fingerprint density at radius 3 is 2.72 bits per heavy atom. The Bertz CT molecular complexity index is 779. The molecule has 0 spiro atoms. The molecule has 0 saturated carbocycles.